The molecule has 0 unspecified atom stereocenters. The van der Waals surface area contributed by atoms with Gasteiger partial charge < -0.3 is 14.6 Å². The summed E-state index contributed by atoms with van der Waals surface area (Å²) in [6, 6.07) is 0. The third-order valence-electron chi connectivity index (χ3n) is 4.77. The Balaban J connectivity index is 2.03. The molecule has 1 N–H and O–H groups in total. The first-order valence-electron chi connectivity index (χ1n) is 7.74. The molecule has 2 aliphatic heterocycles. The number of hydrogen-bond donors (Lipinski definition) is 1. The molecular weight excluding hydrogens is 367 g/mol. The molecule has 116 valence electrons. The van der Waals surface area contributed by atoms with Crippen LogP contribution in [0.15, 0.2) is 9.66 Å². The first-order chi connectivity index (χ1) is 9.46. The molecule has 0 aromatic rings. The molecule has 1 spiro atoms. The van der Waals surface area contributed by atoms with Crippen molar-refractivity contribution >= 4 is 22.6 Å². The second-order valence-electron chi connectivity index (χ2n) is 6.46. The second kappa shape index (κ2) is 7.07. The van der Waals surface area contributed by atoms with Gasteiger partial charge in [0.2, 0.25) is 0 Å². The average Bonchev–Trinajstić information content (AvgIpc) is 2.43. The first-order valence-corrected chi connectivity index (χ1v) is 8.82. The minimum atomic E-state index is -0.440. The summed E-state index contributed by atoms with van der Waals surface area (Å²) in [4.78, 5) is 0. The van der Waals surface area contributed by atoms with E-state index in [-0.39, 0.29) is 18.8 Å². The van der Waals surface area contributed by atoms with E-state index >= 15 is 0 Å². The third kappa shape index (κ3) is 3.96. The van der Waals surface area contributed by atoms with Crippen LogP contribution in [0.2, 0.25) is 0 Å². The molecule has 0 amide bonds. The molecule has 3 nitrogen and oxygen atoms in total. The van der Waals surface area contributed by atoms with E-state index in [0.717, 1.165) is 32.1 Å². The van der Waals surface area contributed by atoms with Crippen LogP contribution in [0, 0.1) is 11.8 Å². The molecule has 2 heterocycles. The van der Waals surface area contributed by atoms with Crippen molar-refractivity contribution in [3.63, 3.8) is 0 Å². The number of aliphatic hydroxyl groups excluding tert-OH is 1. The highest BCUT2D eigenvalue weighted by Crippen LogP contribution is 2.43. The minimum absolute atomic E-state index is 0.0698. The van der Waals surface area contributed by atoms with Crippen LogP contribution in [0.3, 0.4) is 0 Å². The molecule has 0 radical (unpaired) electrons. The summed E-state index contributed by atoms with van der Waals surface area (Å²) in [5.41, 5.74) is 0. The van der Waals surface area contributed by atoms with Crippen molar-refractivity contribution in [2.45, 2.75) is 70.9 Å². The fraction of sp³-hybridized carbons (Fsp3) is 0.875. The Morgan fingerprint density at radius 3 is 2.30 bits per heavy atom. The van der Waals surface area contributed by atoms with Gasteiger partial charge in [-0.1, -0.05) is 19.9 Å². The Labute approximate surface area is 136 Å². The normalized spacial score (nSPS) is 43.0. The van der Waals surface area contributed by atoms with E-state index in [0.29, 0.717) is 11.8 Å². The van der Waals surface area contributed by atoms with Crippen LogP contribution in [-0.2, 0) is 9.47 Å². The van der Waals surface area contributed by atoms with Crippen molar-refractivity contribution < 1.29 is 14.6 Å². The highest BCUT2D eigenvalue weighted by molar-refractivity contribution is 14.1. The van der Waals surface area contributed by atoms with Crippen molar-refractivity contribution in [2.75, 3.05) is 6.61 Å². The molecule has 0 aliphatic carbocycles. The molecule has 2 rings (SSSR count). The van der Waals surface area contributed by atoms with Gasteiger partial charge in [-0.3, -0.25) is 0 Å². The van der Waals surface area contributed by atoms with E-state index in [1.54, 1.807) is 0 Å². The van der Waals surface area contributed by atoms with Gasteiger partial charge in [0.15, 0.2) is 5.79 Å². The summed E-state index contributed by atoms with van der Waals surface area (Å²) >= 11 is 2.34. The summed E-state index contributed by atoms with van der Waals surface area (Å²) in [7, 11) is 0. The van der Waals surface area contributed by atoms with Gasteiger partial charge in [-0.2, -0.15) is 0 Å². The van der Waals surface area contributed by atoms with Crippen LogP contribution in [-0.4, -0.2) is 29.7 Å². The predicted octanol–water partition coefficient (Wildman–Crippen LogP) is 4.03. The summed E-state index contributed by atoms with van der Waals surface area (Å²) in [5.74, 6) is 0.552. The van der Waals surface area contributed by atoms with Gasteiger partial charge in [0.25, 0.3) is 0 Å². The van der Waals surface area contributed by atoms with Crippen LogP contribution in [0.5, 0.6) is 0 Å². The maximum atomic E-state index is 9.48. The van der Waals surface area contributed by atoms with Gasteiger partial charge in [-0.05, 0) is 64.2 Å². The van der Waals surface area contributed by atoms with Crippen molar-refractivity contribution in [3.05, 3.63) is 9.66 Å². The van der Waals surface area contributed by atoms with Gasteiger partial charge >= 0.3 is 0 Å². The number of aliphatic hydroxyl groups is 1. The molecule has 4 heteroatoms. The average molecular weight is 394 g/mol. The summed E-state index contributed by atoms with van der Waals surface area (Å²) in [6.07, 6.45) is 7.51. The number of allylic oxidation sites excluding steroid dienone is 1. The lowest BCUT2D eigenvalue weighted by Crippen LogP contribution is -2.52. The second-order valence-corrected chi connectivity index (χ2v) is 8.17. The lowest BCUT2D eigenvalue weighted by molar-refractivity contribution is -0.333. The Bertz CT molecular complexity index is 350. The molecule has 5 atom stereocenters. The van der Waals surface area contributed by atoms with Crippen LogP contribution >= 0.6 is 22.6 Å². The molecule has 0 aromatic carbocycles. The first kappa shape index (κ1) is 16.7. The van der Waals surface area contributed by atoms with E-state index < -0.39 is 5.79 Å². The number of ether oxygens (including phenoxy) is 2. The van der Waals surface area contributed by atoms with E-state index in [1.807, 2.05) is 0 Å². The number of halogens is 1. The quantitative estimate of drug-likeness (QED) is 0.735. The standard InChI is InChI=1S/C16H27IO3/c1-11-6-8-16(19-14(11)5-4-13(3)17)9-7-12(2)15(10-18)20-16/h4,11-12,14-15,18H,5-10H2,1-3H3/b13-4-/t11-,12-,14+,15-,16-/m0/s1. The molecule has 0 bridgehead atoms. The fourth-order valence-corrected chi connectivity index (χ4v) is 3.47. The number of rotatable bonds is 3. The van der Waals surface area contributed by atoms with Crippen LogP contribution in [0.25, 0.3) is 0 Å². The van der Waals surface area contributed by atoms with Gasteiger partial charge in [0.05, 0.1) is 18.8 Å². The lowest BCUT2D eigenvalue weighted by Gasteiger charge is -2.49. The maximum Gasteiger partial charge on any atom is 0.169 e. The highest BCUT2D eigenvalue weighted by Gasteiger charge is 2.46. The largest absolute Gasteiger partial charge is 0.394 e. The molecule has 2 saturated heterocycles. The van der Waals surface area contributed by atoms with Crippen LogP contribution < -0.4 is 0 Å². The molecule has 0 aromatic heterocycles. The summed E-state index contributed by atoms with van der Waals surface area (Å²) < 4.78 is 13.9. The molecule has 20 heavy (non-hydrogen) atoms. The van der Waals surface area contributed by atoms with E-state index in [4.69, 9.17) is 9.47 Å². The zero-order valence-electron chi connectivity index (χ0n) is 12.8. The third-order valence-corrected chi connectivity index (χ3v) is 5.21. The molecule has 2 aliphatic rings. The van der Waals surface area contributed by atoms with Crippen LogP contribution in [0.1, 0.15) is 52.9 Å². The van der Waals surface area contributed by atoms with Crippen molar-refractivity contribution in [3.8, 4) is 0 Å². The van der Waals surface area contributed by atoms with Gasteiger partial charge in [-0.25, -0.2) is 0 Å². The maximum absolute atomic E-state index is 9.48. The van der Waals surface area contributed by atoms with Crippen molar-refractivity contribution in [2.24, 2.45) is 11.8 Å². The van der Waals surface area contributed by atoms with E-state index in [9.17, 15) is 5.11 Å². The monoisotopic (exact) mass is 394 g/mol. The van der Waals surface area contributed by atoms with Gasteiger partial charge in [0, 0.05) is 12.8 Å². The zero-order valence-corrected chi connectivity index (χ0v) is 14.9. The SMILES string of the molecule is C/C(I)=C/C[C@H]1O[C@@]2(CC[C@H](C)[C@H](CO)O2)CC[C@@H]1C. The Kier molecular flexibility index (Phi) is 5.91. The van der Waals surface area contributed by atoms with E-state index in [1.165, 1.54) is 3.58 Å². The minimum Gasteiger partial charge on any atom is -0.394 e. The van der Waals surface area contributed by atoms with Crippen molar-refractivity contribution in [1.82, 2.24) is 0 Å². The molecule has 2 fully saturated rings. The highest BCUT2D eigenvalue weighted by atomic mass is 127. The van der Waals surface area contributed by atoms with Gasteiger partial charge in [0.1, 0.15) is 0 Å². The number of hydrogen-bond acceptors (Lipinski definition) is 3. The van der Waals surface area contributed by atoms with Crippen molar-refractivity contribution in [1.29, 1.82) is 0 Å². The van der Waals surface area contributed by atoms with Gasteiger partial charge in [-0.15, -0.1) is 0 Å². The topological polar surface area (TPSA) is 38.7 Å². The predicted molar refractivity (Wildman–Crippen MR) is 88.8 cm³/mol. The molecular formula is C16H27IO3. The van der Waals surface area contributed by atoms with Crippen LogP contribution in [0.4, 0.5) is 0 Å². The molecule has 0 saturated carbocycles. The summed E-state index contributed by atoms with van der Waals surface area (Å²) in [5, 5.41) is 9.48. The zero-order chi connectivity index (χ0) is 14.8. The summed E-state index contributed by atoms with van der Waals surface area (Å²) in [6.45, 7) is 6.63. The van der Waals surface area contributed by atoms with E-state index in [2.05, 4.69) is 49.4 Å². The Morgan fingerprint density at radius 1 is 1.20 bits per heavy atom. The Hall–Kier alpha value is 0.350. The smallest absolute Gasteiger partial charge is 0.169 e. The lowest BCUT2D eigenvalue weighted by atomic mass is 9.84. The Morgan fingerprint density at radius 2 is 1.75 bits per heavy atom. The fourth-order valence-electron chi connectivity index (χ4n) is 3.22.